The number of fused-ring (bicyclic) bond motifs is 1. The zero-order valence-corrected chi connectivity index (χ0v) is 14.2. The maximum Gasteiger partial charge on any atom is 0.251 e. The van der Waals surface area contributed by atoms with Gasteiger partial charge in [-0.25, -0.2) is 4.98 Å². The molecule has 0 spiro atoms. The summed E-state index contributed by atoms with van der Waals surface area (Å²) < 4.78 is 0.852. The molecule has 1 aliphatic carbocycles. The van der Waals surface area contributed by atoms with Crippen LogP contribution >= 0.6 is 11.3 Å². The van der Waals surface area contributed by atoms with Crippen molar-refractivity contribution in [3.05, 3.63) is 23.8 Å². The molecule has 7 heteroatoms. The molecule has 1 aromatic carbocycles. The Morgan fingerprint density at radius 1 is 1.25 bits per heavy atom. The summed E-state index contributed by atoms with van der Waals surface area (Å²) in [6.07, 6.45) is 5.35. The van der Waals surface area contributed by atoms with E-state index in [2.05, 4.69) is 15.6 Å². The van der Waals surface area contributed by atoms with Crippen LogP contribution in [0, 0.1) is 5.92 Å². The Morgan fingerprint density at radius 3 is 2.79 bits per heavy atom. The molecule has 2 aromatic rings. The molecule has 0 atom stereocenters. The molecular formula is C17H21N3O3S. The highest BCUT2D eigenvalue weighted by Crippen LogP contribution is 2.29. The van der Waals surface area contributed by atoms with Crippen LogP contribution in [0.2, 0.25) is 0 Å². The number of hydrogen-bond acceptors (Lipinski definition) is 5. The summed E-state index contributed by atoms with van der Waals surface area (Å²) in [5.41, 5.74) is 1.28. The van der Waals surface area contributed by atoms with Crippen LogP contribution in [0.3, 0.4) is 0 Å². The average molecular weight is 347 g/mol. The minimum atomic E-state index is -0.229. The number of thiazole rings is 1. The molecule has 1 heterocycles. The van der Waals surface area contributed by atoms with E-state index in [1.165, 1.54) is 17.8 Å². The van der Waals surface area contributed by atoms with Crippen molar-refractivity contribution in [2.24, 2.45) is 5.92 Å². The zero-order valence-electron chi connectivity index (χ0n) is 13.4. The molecule has 0 saturated heterocycles. The first-order valence-corrected chi connectivity index (χ1v) is 9.09. The van der Waals surface area contributed by atoms with Crippen molar-refractivity contribution >= 4 is 38.5 Å². The number of anilines is 1. The summed E-state index contributed by atoms with van der Waals surface area (Å²) >= 11 is 1.37. The second-order valence-corrected chi connectivity index (χ2v) is 7.04. The van der Waals surface area contributed by atoms with Gasteiger partial charge in [0.2, 0.25) is 5.91 Å². The lowest BCUT2D eigenvalue weighted by Crippen LogP contribution is -2.26. The van der Waals surface area contributed by atoms with Crippen molar-refractivity contribution in [3.63, 3.8) is 0 Å². The molecule has 1 saturated carbocycles. The number of aromatic nitrogens is 1. The van der Waals surface area contributed by atoms with E-state index in [1.54, 1.807) is 18.2 Å². The third-order valence-corrected chi connectivity index (χ3v) is 5.19. The smallest absolute Gasteiger partial charge is 0.251 e. The third-order valence-electron chi connectivity index (χ3n) is 4.25. The van der Waals surface area contributed by atoms with Crippen LogP contribution in [-0.4, -0.2) is 35.1 Å². The molecular weight excluding hydrogens is 326 g/mol. The summed E-state index contributed by atoms with van der Waals surface area (Å²) in [6, 6.07) is 5.23. The number of hydrogen-bond donors (Lipinski definition) is 3. The summed E-state index contributed by atoms with van der Waals surface area (Å²) in [5.74, 6) is -0.0904. The number of nitrogens with one attached hydrogen (secondary N) is 2. The van der Waals surface area contributed by atoms with Crippen molar-refractivity contribution < 1.29 is 14.7 Å². The number of benzene rings is 1. The lowest BCUT2D eigenvalue weighted by molar-refractivity contribution is -0.120. The van der Waals surface area contributed by atoms with E-state index in [-0.39, 0.29) is 30.9 Å². The molecule has 128 valence electrons. The van der Waals surface area contributed by atoms with Crippen molar-refractivity contribution in [2.75, 3.05) is 18.5 Å². The van der Waals surface area contributed by atoms with E-state index in [0.717, 1.165) is 35.9 Å². The Bertz CT molecular complexity index is 738. The molecule has 24 heavy (non-hydrogen) atoms. The second kappa shape index (κ2) is 7.72. The predicted molar refractivity (Wildman–Crippen MR) is 94.2 cm³/mol. The molecule has 1 aromatic heterocycles. The minimum absolute atomic E-state index is 0.0506. The van der Waals surface area contributed by atoms with E-state index in [0.29, 0.717) is 10.7 Å². The maximum absolute atomic E-state index is 12.3. The Labute approximate surface area is 144 Å². The summed E-state index contributed by atoms with van der Waals surface area (Å²) in [5, 5.41) is 14.9. The molecule has 0 unspecified atom stereocenters. The van der Waals surface area contributed by atoms with Gasteiger partial charge in [0.15, 0.2) is 5.13 Å². The van der Waals surface area contributed by atoms with Gasteiger partial charge in [0.1, 0.15) is 0 Å². The predicted octanol–water partition coefficient (Wildman–Crippen LogP) is 2.54. The zero-order chi connectivity index (χ0) is 16.9. The molecule has 0 aliphatic heterocycles. The molecule has 1 aliphatic rings. The quantitative estimate of drug-likeness (QED) is 0.775. The second-order valence-electron chi connectivity index (χ2n) is 6.01. The highest BCUT2D eigenvalue weighted by molar-refractivity contribution is 7.22. The largest absolute Gasteiger partial charge is 0.395 e. The van der Waals surface area contributed by atoms with Gasteiger partial charge in [-0.05, 0) is 31.0 Å². The van der Waals surface area contributed by atoms with Gasteiger partial charge in [0, 0.05) is 18.0 Å². The summed E-state index contributed by atoms with van der Waals surface area (Å²) in [4.78, 5) is 28.7. The van der Waals surface area contributed by atoms with Crippen LogP contribution < -0.4 is 10.6 Å². The number of amides is 2. The van der Waals surface area contributed by atoms with Gasteiger partial charge in [-0.1, -0.05) is 30.6 Å². The fraction of sp³-hybridized carbons (Fsp3) is 0.471. The van der Waals surface area contributed by atoms with Gasteiger partial charge in [0.05, 0.1) is 16.8 Å². The molecule has 3 rings (SSSR count). The molecule has 0 radical (unpaired) electrons. The van der Waals surface area contributed by atoms with Crippen LogP contribution in [0.1, 0.15) is 42.5 Å². The van der Waals surface area contributed by atoms with Gasteiger partial charge < -0.3 is 15.7 Å². The highest BCUT2D eigenvalue weighted by Gasteiger charge is 2.22. The normalized spacial score (nSPS) is 15.4. The average Bonchev–Trinajstić information content (AvgIpc) is 3.01. The first-order valence-electron chi connectivity index (χ1n) is 8.28. The summed E-state index contributed by atoms with van der Waals surface area (Å²) in [6.45, 7) is 0.133. The van der Waals surface area contributed by atoms with E-state index < -0.39 is 0 Å². The van der Waals surface area contributed by atoms with Crippen LogP contribution in [-0.2, 0) is 4.79 Å². The topological polar surface area (TPSA) is 91.3 Å². The third kappa shape index (κ3) is 3.91. The maximum atomic E-state index is 12.3. The molecule has 6 nitrogen and oxygen atoms in total. The van der Waals surface area contributed by atoms with E-state index in [9.17, 15) is 9.59 Å². The fourth-order valence-corrected chi connectivity index (χ4v) is 3.87. The molecule has 2 amide bonds. The van der Waals surface area contributed by atoms with Crippen molar-refractivity contribution in [3.8, 4) is 0 Å². The lowest BCUT2D eigenvalue weighted by atomic mass is 9.89. The van der Waals surface area contributed by atoms with E-state index in [1.807, 2.05) is 0 Å². The van der Waals surface area contributed by atoms with Crippen LogP contribution in [0.4, 0.5) is 5.13 Å². The van der Waals surface area contributed by atoms with E-state index >= 15 is 0 Å². The van der Waals surface area contributed by atoms with Crippen molar-refractivity contribution in [1.29, 1.82) is 0 Å². The SMILES string of the molecule is O=C(NCCO)c1ccc2nc(NC(=O)C3CCCCC3)sc2c1. The standard InChI is InChI=1S/C17H21N3O3S/c21-9-8-18-15(22)12-6-7-13-14(10-12)24-17(19-13)20-16(23)11-4-2-1-3-5-11/h6-7,10-11,21H,1-5,8-9H2,(H,18,22)(H,19,20,23). The monoisotopic (exact) mass is 347 g/mol. The number of carbonyl (C=O) groups is 2. The van der Waals surface area contributed by atoms with Crippen molar-refractivity contribution in [1.82, 2.24) is 10.3 Å². The number of aliphatic hydroxyl groups excluding tert-OH is 1. The van der Waals surface area contributed by atoms with Gasteiger partial charge in [-0.2, -0.15) is 0 Å². The van der Waals surface area contributed by atoms with Gasteiger partial charge in [0.25, 0.3) is 5.91 Å². The van der Waals surface area contributed by atoms with Gasteiger partial charge in [-0.15, -0.1) is 0 Å². The first-order chi connectivity index (χ1) is 11.7. The fourth-order valence-electron chi connectivity index (χ4n) is 2.96. The van der Waals surface area contributed by atoms with Crippen LogP contribution in [0.15, 0.2) is 18.2 Å². The van der Waals surface area contributed by atoms with Crippen molar-refractivity contribution in [2.45, 2.75) is 32.1 Å². The van der Waals surface area contributed by atoms with Crippen LogP contribution in [0.5, 0.6) is 0 Å². The van der Waals surface area contributed by atoms with Gasteiger partial charge in [-0.3, -0.25) is 9.59 Å². The first kappa shape index (κ1) is 16.9. The van der Waals surface area contributed by atoms with E-state index in [4.69, 9.17) is 5.11 Å². The Balaban J connectivity index is 1.71. The van der Waals surface area contributed by atoms with Crippen LogP contribution in [0.25, 0.3) is 10.2 Å². The molecule has 3 N–H and O–H groups in total. The Hall–Kier alpha value is -1.99. The van der Waals surface area contributed by atoms with Gasteiger partial charge >= 0.3 is 0 Å². The highest BCUT2D eigenvalue weighted by atomic mass is 32.1. The Kier molecular flexibility index (Phi) is 5.42. The molecule has 0 bridgehead atoms. The molecule has 1 fully saturated rings. The lowest BCUT2D eigenvalue weighted by Gasteiger charge is -2.19. The number of nitrogens with zero attached hydrogens (tertiary/aromatic N) is 1. The number of rotatable bonds is 5. The number of aliphatic hydroxyl groups is 1. The Morgan fingerprint density at radius 2 is 2.04 bits per heavy atom. The minimum Gasteiger partial charge on any atom is -0.395 e. The summed E-state index contributed by atoms with van der Waals surface area (Å²) in [7, 11) is 0. The number of carbonyl (C=O) groups excluding carboxylic acids is 2.